The summed E-state index contributed by atoms with van der Waals surface area (Å²) in [7, 11) is 0. The molecule has 2 aromatic carbocycles. The fraction of sp³-hybridized carbons (Fsp3) is 0.304. The van der Waals surface area contributed by atoms with Gasteiger partial charge in [-0.2, -0.15) is 0 Å². The molecular formula is C23H24O5. The molecule has 28 heavy (non-hydrogen) atoms. The summed E-state index contributed by atoms with van der Waals surface area (Å²) in [5.74, 6) is -1.36. The monoisotopic (exact) mass is 380 g/mol. The predicted octanol–water partition coefficient (Wildman–Crippen LogP) is 4.95. The lowest BCUT2D eigenvalue weighted by molar-refractivity contribution is -0.146. The minimum atomic E-state index is -1.08. The summed E-state index contributed by atoms with van der Waals surface area (Å²) < 4.78 is 5.88. The molecule has 1 fully saturated rings. The van der Waals surface area contributed by atoms with Crippen molar-refractivity contribution in [3.63, 3.8) is 0 Å². The number of ether oxygens (including phenoxy) is 1. The molecule has 146 valence electrons. The minimum absolute atomic E-state index is 0.331. The lowest BCUT2D eigenvalue weighted by Crippen LogP contribution is -2.28. The quantitative estimate of drug-likeness (QED) is 0.664. The maximum Gasteiger partial charge on any atom is 0.327 e. The summed E-state index contributed by atoms with van der Waals surface area (Å²) in [6.45, 7) is 5.63. The van der Waals surface area contributed by atoms with Gasteiger partial charge in [-0.3, -0.25) is 4.79 Å². The van der Waals surface area contributed by atoms with Crippen LogP contribution < -0.4 is 4.74 Å². The SMILES string of the molecule is C[C@@H](c1cccc(Oc2ccccc2)c1)[C@@]1(C(=O)O)[C@H](/C=C\C(=O)O)C1(C)C. The molecule has 0 saturated heterocycles. The van der Waals surface area contributed by atoms with Gasteiger partial charge in [-0.15, -0.1) is 0 Å². The number of carboxylic acids is 2. The zero-order valence-electron chi connectivity index (χ0n) is 16.1. The Morgan fingerprint density at radius 2 is 1.68 bits per heavy atom. The molecule has 0 heterocycles. The van der Waals surface area contributed by atoms with Crippen LogP contribution in [-0.4, -0.2) is 22.2 Å². The van der Waals surface area contributed by atoms with Crippen molar-refractivity contribution in [3.05, 3.63) is 72.3 Å². The predicted molar refractivity (Wildman–Crippen MR) is 105 cm³/mol. The number of para-hydroxylation sites is 1. The molecule has 0 amide bonds. The van der Waals surface area contributed by atoms with Crippen molar-refractivity contribution in [2.75, 3.05) is 0 Å². The molecule has 1 aliphatic carbocycles. The number of aliphatic carboxylic acids is 2. The lowest BCUT2D eigenvalue weighted by atomic mass is 9.79. The van der Waals surface area contributed by atoms with E-state index in [9.17, 15) is 14.7 Å². The van der Waals surface area contributed by atoms with Gasteiger partial charge in [0.2, 0.25) is 0 Å². The highest BCUT2D eigenvalue weighted by Gasteiger charge is 2.76. The summed E-state index contributed by atoms with van der Waals surface area (Å²) in [6.07, 6.45) is 2.55. The number of hydrogen-bond acceptors (Lipinski definition) is 3. The Balaban J connectivity index is 1.93. The highest BCUT2D eigenvalue weighted by Crippen LogP contribution is 2.75. The Morgan fingerprint density at radius 1 is 1.04 bits per heavy atom. The molecule has 0 aliphatic heterocycles. The number of carbonyl (C=O) groups is 2. The first kappa shape index (κ1) is 19.7. The van der Waals surface area contributed by atoms with E-state index in [4.69, 9.17) is 9.84 Å². The van der Waals surface area contributed by atoms with Crippen LogP contribution in [0.4, 0.5) is 0 Å². The molecule has 1 saturated carbocycles. The fourth-order valence-corrected chi connectivity index (χ4v) is 4.56. The standard InChI is InChI=1S/C23H24O5/c1-15(23(21(26)27)19(22(23,2)3)12-13-20(24)25)16-8-7-11-18(14-16)28-17-9-5-4-6-10-17/h4-15,19H,1-3H3,(H,24,25)(H,26,27)/b13-12-/t15-,19+,23-/m0/s1. The van der Waals surface area contributed by atoms with Crippen molar-refractivity contribution >= 4 is 11.9 Å². The van der Waals surface area contributed by atoms with E-state index in [0.29, 0.717) is 11.5 Å². The second-order valence-corrected chi connectivity index (χ2v) is 7.78. The van der Waals surface area contributed by atoms with Crippen LogP contribution in [0.5, 0.6) is 11.5 Å². The van der Waals surface area contributed by atoms with Gasteiger partial charge in [-0.25, -0.2) is 4.79 Å². The van der Waals surface area contributed by atoms with Crippen molar-refractivity contribution < 1.29 is 24.5 Å². The topological polar surface area (TPSA) is 83.8 Å². The highest BCUT2D eigenvalue weighted by atomic mass is 16.5. The van der Waals surface area contributed by atoms with Crippen LogP contribution in [0.15, 0.2) is 66.7 Å². The number of carboxylic acid groups (broad SMARTS) is 2. The lowest BCUT2D eigenvalue weighted by Gasteiger charge is -2.24. The largest absolute Gasteiger partial charge is 0.481 e. The summed E-state index contributed by atoms with van der Waals surface area (Å²) >= 11 is 0. The molecule has 3 atom stereocenters. The third-order valence-corrected chi connectivity index (χ3v) is 6.06. The summed E-state index contributed by atoms with van der Waals surface area (Å²) in [4.78, 5) is 23.3. The average Bonchev–Trinajstić information content (AvgIpc) is 3.16. The van der Waals surface area contributed by atoms with E-state index in [2.05, 4.69) is 0 Å². The van der Waals surface area contributed by atoms with Gasteiger partial charge in [-0.1, -0.05) is 57.2 Å². The molecule has 0 unspecified atom stereocenters. The maximum atomic E-state index is 12.3. The third-order valence-electron chi connectivity index (χ3n) is 6.06. The van der Waals surface area contributed by atoms with Gasteiger partial charge in [0.1, 0.15) is 11.5 Å². The van der Waals surface area contributed by atoms with E-state index in [1.54, 1.807) is 0 Å². The summed E-state index contributed by atoms with van der Waals surface area (Å²) in [5, 5.41) is 19.0. The van der Waals surface area contributed by atoms with Gasteiger partial charge >= 0.3 is 11.9 Å². The van der Waals surface area contributed by atoms with Gasteiger partial charge < -0.3 is 14.9 Å². The average molecular weight is 380 g/mol. The Morgan fingerprint density at radius 3 is 2.29 bits per heavy atom. The van der Waals surface area contributed by atoms with Gasteiger partial charge in [0.15, 0.2) is 0 Å². The zero-order valence-corrected chi connectivity index (χ0v) is 16.1. The van der Waals surface area contributed by atoms with Crippen molar-refractivity contribution in [1.29, 1.82) is 0 Å². The Kier molecular flexibility index (Phi) is 5.02. The van der Waals surface area contributed by atoms with Crippen LogP contribution in [-0.2, 0) is 9.59 Å². The Bertz CT molecular complexity index is 916. The van der Waals surface area contributed by atoms with E-state index < -0.39 is 22.8 Å². The van der Waals surface area contributed by atoms with E-state index in [1.807, 2.05) is 75.4 Å². The van der Waals surface area contributed by atoms with Gasteiger partial charge in [0, 0.05) is 12.0 Å². The number of rotatable bonds is 7. The Hall–Kier alpha value is -3.08. The molecule has 3 rings (SSSR count). The van der Waals surface area contributed by atoms with E-state index in [0.717, 1.165) is 11.6 Å². The smallest absolute Gasteiger partial charge is 0.327 e. The molecule has 0 aromatic heterocycles. The van der Waals surface area contributed by atoms with Crippen molar-refractivity contribution in [2.24, 2.45) is 16.7 Å². The van der Waals surface area contributed by atoms with E-state index in [1.165, 1.54) is 6.08 Å². The first-order chi connectivity index (χ1) is 13.2. The summed E-state index contributed by atoms with van der Waals surface area (Å²) in [5.41, 5.74) is -0.805. The second-order valence-electron chi connectivity index (χ2n) is 7.78. The molecular weight excluding hydrogens is 356 g/mol. The molecule has 5 nitrogen and oxygen atoms in total. The molecule has 0 spiro atoms. The first-order valence-electron chi connectivity index (χ1n) is 9.18. The van der Waals surface area contributed by atoms with Crippen LogP contribution >= 0.6 is 0 Å². The number of benzene rings is 2. The van der Waals surface area contributed by atoms with Gasteiger partial charge in [-0.05, 0) is 41.2 Å². The number of allylic oxidation sites excluding steroid dienone is 1. The van der Waals surface area contributed by atoms with Crippen molar-refractivity contribution in [1.82, 2.24) is 0 Å². The second kappa shape index (κ2) is 7.15. The highest BCUT2D eigenvalue weighted by molar-refractivity contribution is 5.85. The fourth-order valence-electron chi connectivity index (χ4n) is 4.56. The zero-order chi connectivity index (χ0) is 20.5. The normalized spacial score (nSPS) is 23.9. The first-order valence-corrected chi connectivity index (χ1v) is 9.18. The van der Waals surface area contributed by atoms with Crippen LogP contribution in [0.1, 0.15) is 32.3 Å². The van der Waals surface area contributed by atoms with Crippen molar-refractivity contribution in [2.45, 2.75) is 26.7 Å². The maximum absolute atomic E-state index is 12.3. The summed E-state index contributed by atoms with van der Waals surface area (Å²) in [6, 6.07) is 16.8. The molecule has 2 N–H and O–H groups in total. The van der Waals surface area contributed by atoms with Gasteiger partial charge in [0.05, 0.1) is 5.41 Å². The number of hydrogen-bond donors (Lipinski definition) is 2. The molecule has 1 aliphatic rings. The van der Waals surface area contributed by atoms with Crippen LogP contribution in [0.2, 0.25) is 0 Å². The van der Waals surface area contributed by atoms with E-state index in [-0.39, 0.29) is 11.8 Å². The van der Waals surface area contributed by atoms with Gasteiger partial charge in [0.25, 0.3) is 0 Å². The van der Waals surface area contributed by atoms with Crippen LogP contribution in [0.3, 0.4) is 0 Å². The molecule has 0 bridgehead atoms. The Labute approximate surface area is 164 Å². The van der Waals surface area contributed by atoms with Crippen molar-refractivity contribution in [3.8, 4) is 11.5 Å². The van der Waals surface area contributed by atoms with E-state index >= 15 is 0 Å². The van der Waals surface area contributed by atoms with Crippen LogP contribution in [0.25, 0.3) is 0 Å². The third kappa shape index (κ3) is 3.17. The van der Waals surface area contributed by atoms with Crippen LogP contribution in [0, 0.1) is 16.7 Å². The molecule has 5 heteroatoms. The minimum Gasteiger partial charge on any atom is -0.481 e. The molecule has 0 radical (unpaired) electrons. The molecule has 2 aromatic rings.